The molecule has 0 saturated carbocycles. The van der Waals surface area contributed by atoms with Crippen molar-refractivity contribution in [2.75, 3.05) is 5.73 Å². The molecule has 0 saturated heterocycles. The molecule has 6 nitrogen and oxygen atoms in total. The second-order valence-corrected chi connectivity index (χ2v) is 4.53. The number of aryl methyl sites for hydroxylation is 1. The van der Waals surface area contributed by atoms with Crippen molar-refractivity contribution in [1.82, 2.24) is 0 Å². The highest BCUT2D eigenvalue weighted by atomic mass is 16.6. The Kier molecular flexibility index (Phi) is 4.05. The summed E-state index contributed by atoms with van der Waals surface area (Å²) in [5, 5.41) is 19.7. The molecule has 0 radical (unpaired) electrons. The molecule has 21 heavy (non-hydrogen) atoms. The van der Waals surface area contributed by atoms with Crippen LogP contribution in [0.2, 0.25) is 0 Å². The zero-order valence-electron chi connectivity index (χ0n) is 11.4. The Bertz CT molecular complexity index is 735. The quantitative estimate of drug-likeness (QED) is 0.528. The van der Waals surface area contributed by atoms with Gasteiger partial charge in [-0.25, -0.2) is 0 Å². The van der Waals surface area contributed by atoms with Gasteiger partial charge in [-0.3, -0.25) is 10.1 Å². The van der Waals surface area contributed by atoms with Crippen LogP contribution in [0.5, 0.6) is 5.75 Å². The van der Waals surface area contributed by atoms with Gasteiger partial charge in [0.2, 0.25) is 0 Å². The van der Waals surface area contributed by atoms with Crippen molar-refractivity contribution in [3.8, 4) is 11.8 Å². The largest absolute Gasteiger partial charge is 0.489 e. The lowest BCUT2D eigenvalue weighted by molar-refractivity contribution is -0.384. The number of nitrogen functional groups attached to an aromatic ring is 1. The molecule has 0 spiro atoms. The van der Waals surface area contributed by atoms with E-state index in [2.05, 4.69) is 0 Å². The molecule has 2 rings (SSSR count). The van der Waals surface area contributed by atoms with E-state index in [1.165, 1.54) is 12.1 Å². The average Bonchev–Trinajstić information content (AvgIpc) is 2.47. The number of benzene rings is 2. The van der Waals surface area contributed by atoms with E-state index in [4.69, 9.17) is 15.7 Å². The van der Waals surface area contributed by atoms with Gasteiger partial charge in [-0.15, -0.1) is 0 Å². The van der Waals surface area contributed by atoms with Gasteiger partial charge in [0, 0.05) is 6.07 Å². The molecule has 0 aliphatic heterocycles. The Labute approximate surface area is 121 Å². The molecule has 6 heteroatoms. The van der Waals surface area contributed by atoms with Crippen molar-refractivity contribution >= 4 is 11.4 Å². The van der Waals surface area contributed by atoms with Crippen LogP contribution in [0.3, 0.4) is 0 Å². The topological polar surface area (TPSA) is 102 Å². The van der Waals surface area contributed by atoms with Gasteiger partial charge < -0.3 is 10.5 Å². The number of nitrogens with two attached hydrogens (primary N) is 1. The van der Waals surface area contributed by atoms with Crippen LogP contribution < -0.4 is 10.5 Å². The first-order chi connectivity index (χ1) is 10.0. The van der Waals surface area contributed by atoms with E-state index in [0.29, 0.717) is 16.9 Å². The zero-order chi connectivity index (χ0) is 15.4. The van der Waals surface area contributed by atoms with E-state index < -0.39 is 4.92 Å². The number of nitro benzene ring substituents is 1. The Hall–Kier alpha value is -3.07. The average molecular weight is 283 g/mol. The number of anilines is 1. The maximum Gasteiger partial charge on any atom is 0.292 e. The molecule has 0 heterocycles. The van der Waals surface area contributed by atoms with Crippen molar-refractivity contribution in [1.29, 1.82) is 5.26 Å². The van der Waals surface area contributed by atoms with Gasteiger partial charge in [0.15, 0.2) is 0 Å². The Morgan fingerprint density at radius 3 is 2.76 bits per heavy atom. The number of nitrogens with zero attached hydrogens (tertiary/aromatic N) is 2. The lowest BCUT2D eigenvalue weighted by atomic mass is 10.1. The highest BCUT2D eigenvalue weighted by molar-refractivity contribution is 5.59. The summed E-state index contributed by atoms with van der Waals surface area (Å²) in [7, 11) is 0. The number of ether oxygens (including phenoxy) is 1. The van der Waals surface area contributed by atoms with Crippen LogP contribution in [0.15, 0.2) is 36.4 Å². The molecule has 2 aromatic carbocycles. The van der Waals surface area contributed by atoms with E-state index in [1.807, 2.05) is 13.0 Å². The molecule has 0 bridgehead atoms. The third-order valence-corrected chi connectivity index (χ3v) is 3.00. The molecule has 2 N–H and O–H groups in total. The fourth-order valence-electron chi connectivity index (χ4n) is 1.82. The van der Waals surface area contributed by atoms with Crippen LogP contribution in [0, 0.1) is 28.4 Å². The fraction of sp³-hybridized carbons (Fsp3) is 0.133. The molecule has 0 amide bonds. The van der Waals surface area contributed by atoms with E-state index >= 15 is 0 Å². The summed E-state index contributed by atoms with van der Waals surface area (Å²) < 4.78 is 5.63. The first kappa shape index (κ1) is 14.3. The van der Waals surface area contributed by atoms with Gasteiger partial charge in [0.25, 0.3) is 5.69 Å². The van der Waals surface area contributed by atoms with Crippen molar-refractivity contribution in [3.63, 3.8) is 0 Å². The number of nitro groups is 1. The molecule has 0 unspecified atom stereocenters. The predicted molar refractivity (Wildman–Crippen MR) is 77.7 cm³/mol. The summed E-state index contributed by atoms with van der Waals surface area (Å²) in [6.45, 7) is 2.03. The summed E-state index contributed by atoms with van der Waals surface area (Å²) in [6, 6.07) is 11.7. The minimum Gasteiger partial charge on any atom is -0.489 e. The van der Waals surface area contributed by atoms with Crippen LogP contribution in [-0.4, -0.2) is 4.92 Å². The first-order valence-corrected chi connectivity index (χ1v) is 6.17. The van der Waals surface area contributed by atoms with Gasteiger partial charge in [-0.1, -0.05) is 12.1 Å². The van der Waals surface area contributed by atoms with Crippen LogP contribution in [0.1, 0.15) is 16.7 Å². The lowest BCUT2D eigenvalue weighted by Gasteiger charge is -2.09. The first-order valence-electron chi connectivity index (χ1n) is 6.17. The predicted octanol–water partition coefficient (Wildman–Crippen LogP) is 2.94. The maximum absolute atomic E-state index is 10.8. The third kappa shape index (κ3) is 3.28. The SMILES string of the molecule is Cc1ccc(C#N)cc1OCc1ccc(N)c([N+](=O)[O-])c1. The van der Waals surface area contributed by atoms with Gasteiger partial charge in [-0.2, -0.15) is 5.26 Å². The number of nitriles is 1. The second kappa shape index (κ2) is 5.92. The molecule has 0 aromatic heterocycles. The summed E-state index contributed by atoms with van der Waals surface area (Å²) in [5.74, 6) is 0.577. The number of hydrogen-bond donors (Lipinski definition) is 1. The summed E-state index contributed by atoms with van der Waals surface area (Å²) >= 11 is 0. The van der Waals surface area contributed by atoms with Crippen LogP contribution in [-0.2, 0) is 6.61 Å². The van der Waals surface area contributed by atoms with Gasteiger partial charge in [0.1, 0.15) is 18.0 Å². The van der Waals surface area contributed by atoms with Crippen LogP contribution in [0.4, 0.5) is 11.4 Å². The molecule has 0 atom stereocenters. The monoisotopic (exact) mass is 283 g/mol. The normalized spacial score (nSPS) is 9.90. The van der Waals surface area contributed by atoms with Crippen LogP contribution >= 0.6 is 0 Å². The van der Waals surface area contributed by atoms with Gasteiger partial charge in [-0.05, 0) is 36.2 Å². The van der Waals surface area contributed by atoms with Crippen molar-refractivity contribution in [3.05, 3.63) is 63.2 Å². The van der Waals surface area contributed by atoms with E-state index in [9.17, 15) is 10.1 Å². The highest BCUT2D eigenvalue weighted by Crippen LogP contribution is 2.24. The molecular formula is C15H13N3O3. The lowest BCUT2D eigenvalue weighted by Crippen LogP contribution is -2.01. The smallest absolute Gasteiger partial charge is 0.292 e. The standard InChI is InChI=1S/C15H13N3O3/c1-10-2-3-11(8-16)7-15(10)21-9-12-4-5-13(17)14(6-12)18(19)20/h2-7H,9,17H2,1H3. The number of rotatable bonds is 4. The van der Waals surface area contributed by atoms with Gasteiger partial charge in [0.05, 0.1) is 16.6 Å². The molecular weight excluding hydrogens is 270 g/mol. The second-order valence-electron chi connectivity index (χ2n) is 4.53. The molecule has 2 aromatic rings. The molecule has 0 aliphatic rings. The number of hydrogen-bond acceptors (Lipinski definition) is 5. The Morgan fingerprint density at radius 1 is 1.33 bits per heavy atom. The van der Waals surface area contributed by atoms with Crippen LogP contribution in [0.25, 0.3) is 0 Å². The maximum atomic E-state index is 10.8. The highest BCUT2D eigenvalue weighted by Gasteiger charge is 2.12. The summed E-state index contributed by atoms with van der Waals surface area (Å²) in [6.07, 6.45) is 0. The zero-order valence-corrected chi connectivity index (χ0v) is 11.4. The summed E-state index contributed by atoms with van der Waals surface area (Å²) in [4.78, 5) is 10.3. The Balaban J connectivity index is 2.19. The molecule has 0 aliphatic carbocycles. The van der Waals surface area contributed by atoms with E-state index in [0.717, 1.165) is 5.56 Å². The Morgan fingerprint density at radius 2 is 2.10 bits per heavy atom. The van der Waals surface area contributed by atoms with Crippen molar-refractivity contribution < 1.29 is 9.66 Å². The minimum atomic E-state index is -0.527. The van der Waals surface area contributed by atoms with E-state index in [-0.39, 0.29) is 18.0 Å². The third-order valence-electron chi connectivity index (χ3n) is 3.00. The minimum absolute atomic E-state index is 0.117. The van der Waals surface area contributed by atoms with Crippen molar-refractivity contribution in [2.24, 2.45) is 0 Å². The fourth-order valence-corrected chi connectivity index (χ4v) is 1.82. The molecule has 106 valence electrons. The molecule has 0 fully saturated rings. The van der Waals surface area contributed by atoms with E-state index in [1.54, 1.807) is 24.3 Å². The van der Waals surface area contributed by atoms with Crippen molar-refractivity contribution in [2.45, 2.75) is 13.5 Å². The van der Waals surface area contributed by atoms with Gasteiger partial charge >= 0.3 is 0 Å². The summed E-state index contributed by atoms with van der Waals surface area (Å²) in [5.41, 5.74) is 7.54.